The Morgan fingerprint density at radius 3 is 2.52 bits per heavy atom. The third kappa shape index (κ3) is 4.77. The third-order valence-electron chi connectivity index (χ3n) is 3.55. The number of nitrogens with one attached hydrogen (secondary N) is 1. The van der Waals surface area contributed by atoms with Crippen LogP contribution in [-0.2, 0) is 16.0 Å². The van der Waals surface area contributed by atoms with Crippen molar-refractivity contribution < 1.29 is 19.4 Å². The van der Waals surface area contributed by atoms with Crippen LogP contribution in [-0.4, -0.2) is 29.6 Å². The number of carboxylic acids is 1. The number of benzene rings is 1. The minimum Gasteiger partial charge on any atom is -0.494 e. The maximum absolute atomic E-state index is 11.8. The standard InChI is InChI=1S/C16H21NO4/c1-2-21-13-8-3-11(4-9-13)5-10-14(18)17-15(16(19)20)12-6-7-12/h3-4,8-9,12,15H,2,5-7,10H2,1H3,(H,17,18)(H,19,20). The SMILES string of the molecule is CCOc1ccc(CCC(=O)NC(C(=O)O)C2CC2)cc1. The molecule has 0 spiro atoms. The molecular formula is C16H21NO4. The van der Waals surface area contributed by atoms with Crippen LogP contribution < -0.4 is 10.1 Å². The van der Waals surface area contributed by atoms with Crippen LogP contribution >= 0.6 is 0 Å². The van der Waals surface area contributed by atoms with E-state index in [2.05, 4.69) is 5.32 Å². The molecule has 1 unspecified atom stereocenters. The lowest BCUT2D eigenvalue weighted by molar-refractivity contribution is -0.142. The molecule has 0 radical (unpaired) electrons. The molecule has 0 aromatic heterocycles. The quantitative estimate of drug-likeness (QED) is 0.768. The van der Waals surface area contributed by atoms with Crippen LogP contribution in [0, 0.1) is 5.92 Å². The predicted octanol–water partition coefficient (Wildman–Crippen LogP) is 2.00. The lowest BCUT2D eigenvalue weighted by Crippen LogP contribution is -2.42. The summed E-state index contributed by atoms with van der Waals surface area (Å²) in [6.07, 6.45) is 2.66. The largest absolute Gasteiger partial charge is 0.494 e. The number of hydrogen-bond acceptors (Lipinski definition) is 3. The highest BCUT2D eigenvalue weighted by molar-refractivity contribution is 5.84. The van der Waals surface area contributed by atoms with Gasteiger partial charge in [0.05, 0.1) is 6.61 Å². The van der Waals surface area contributed by atoms with Crippen LogP contribution in [0.2, 0.25) is 0 Å². The van der Waals surface area contributed by atoms with Gasteiger partial charge in [0.2, 0.25) is 5.91 Å². The molecule has 1 atom stereocenters. The third-order valence-corrected chi connectivity index (χ3v) is 3.55. The fourth-order valence-corrected chi connectivity index (χ4v) is 2.23. The van der Waals surface area contributed by atoms with E-state index in [1.54, 1.807) is 0 Å². The zero-order chi connectivity index (χ0) is 15.2. The van der Waals surface area contributed by atoms with Crippen molar-refractivity contribution in [1.29, 1.82) is 0 Å². The average molecular weight is 291 g/mol. The van der Waals surface area contributed by atoms with Crippen LogP contribution in [0.15, 0.2) is 24.3 Å². The Morgan fingerprint density at radius 2 is 2.00 bits per heavy atom. The summed E-state index contributed by atoms with van der Waals surface area (Å²) >= 11 is 0. The Kier molecular flexibility index (Phi) is 5.20. The van der Waals surface area contributed by atoms with Gasteiger partial charge in [0.25, 0.3) is 0 Å². The first-order chi connectivity index (χ1) is 10.1. The number of carboxylic acid groups (broad SMARTS) is 1. The number of amides is 1. The molecule has 5 heteroatoms. The Hall–Kier alpha value is -2.04. The zero-order valence-corrected chi connectivity index (χ0v) is 12.2. The summed E-state index contributed by atoms with van der Waals surface area (Å²) < 4.78 is 5.35. The Morgan fingerprint density at radius 1 is 1.33 bits per heavy atom. The minimum absolute atomic E-state index is 0.108. The van der Waals surface area contributed by atoms with Crippen molar-refractivity contribution in [2.75, 3.05) is 6.61 Å². The van der Waals surface area contributed by atoms with Gasteiger partial charge in [-0.15, -0.1) is 0 Å². The monoisotopic (exact) mass is 291 g/mol. The molecule has 1 aromatic carbocycles. The van der Waals surface area contributed by atoms with E-state index in [1.807, 2.05) is 31.2 Å². The second kappa shape index (κ2) is 7.11. The van der Waals surface area contributed by atoms with Crippen molar-refractivity contribution in [3.05, 3.63) is 29.8 Å². The van der Waals surface area contributed by atoms with Crippen molar-refractivity contribution in [3.63, 3.8) is 0 Å². The summed E-state index contributed by atoms with van der Waals surface area (Å²) in [7, 11) is 0. The van der Waals surface area contributed by atoms with Crippen LogP contribution in [0.4, 0.5) is 0 Å². The van der Waals surface area contributed by atoms with Crippen molar-refractivity contribution in [1.82, 2.24) is 5.32 Å². The zero-order valence-electron chi connectivity index (χ0n) is 12.2. The van der Waals surface area contributed by atoms with E-state index in [4.69, 9.17) is 9.84 Å². The lowest BCUT2D eigenvalue weighted by atomic mass is 10.1. The number of carbonyl (C=O) groups is 2. The van der Waals surface area contributed by atoms with E-state index in [0.717, 1.165) is 24.2 Å². The molecule has 1 aliphatic rings. The number of aliphatic carboxylic acids is 1. The number of hydrogen-bond donors (Lipinski definition) is 2. The van der Waals surface area contributed by atoms with Gasteiger partial charge >= 0.3 is 5.97 Å². The maximum Gasteiger partial charge on any atom is 0.326 e. The Labute approximate surface area is 124 Å². The summed E-state index contributed by atoms with van der Waals surface area (Å²) in [6.45, 7) is 2.55. The number of rotatable bonds is 8. The first-order valence-corrected chi connectivity index (χ1v) is 7.34. The average Bonchev–Trinajstić information content (AvgIpc) is 3.28. The van der Waals surface area contributed by atoms with Gasteiger partial charge < -0.3 is 15.2 Å². The Bertz CT molecular complexity index is 494. The first-order valence-electron chi connectivity index (χ1n) is 7.34. The van der Waals surface area contributed by atoms with Crippen molar-refractivity contribution in [3.8, 4) is 5.75 Å². The van der Waals surface area contributed by atoms with Gasteiger partial charge in [-0.25, -0.2) is 4.79 Å². The molecular weight excluding hydrogens is 270 g/mol. The van der Waals surface area contributed by atoms with E-state index >= 15 is 0 Å². The normalized spacial score (nSPS) is 15.3. The Balaban J connectivity index is 1.79. The van der Waals surface area contributed by atoms with E-state index in [-0.39, 0.29) is 11.8 Å². The van der Waals surface area contributed by atoms with E-state index in [0.29, 0.717) is 19.4 Å². The van der Waals surface area contributed by atoms with Gasteiger partial charge in [-0.2, -0.15) is 0 Å². The predicted molar refractivity (Wildman–Crippen MR) is 78.2 cm³/mol. The fourth-order valence-electron chi connectivity index (χ4n) is 2.23. The topological polar surface area (TPSA) is 75.6 Å². The number of ether oxygens (including phenoxy) is 1. The molecule has 2 N–H and O–H groups in total. The summed E-state index contributed by atoms with van der Waals surface area (Å²) in [6, 6.07) is 6.88. The number of carbonyl (C=O) groups excluding carboxylic acids is 1. The van der Waals surface area contributed by atoms with Crippen LogP contribution in [0.1, 0.15) is 31.7 Å². The molecule has 0 bridgehead atoms. The van der Waals surface area contributed by atoms with Gasteiger partial charge in [0.15, 0.2) is 0 Å². The molecule has 0 heterocycles. The van der Waals surface area contributed by atoms with Crippen molar-refractivity contribution in [2.24, 2.45) is 5.92 Å². The molecule has 2 rings (SSSR count). The highest BCUT2D eigenvalue weighted by Crippen LogP contribution is 2.32. The molecule has 1 amide bonds. The van der Waals surface area contributed by atoms with Gasteiger partial charge in [-0.1, -0.05) is 12.1 Å². The summed E-state index contributed by atoms with van der Waals surface area (Å²) in [4.78, 5) is 22.9. The van der Waals surface area contributed by atoms with Crippen molar-refractivity contribution in [2.45, 2.75) is 38.6 Å². The smallest absolute Gasteiger partial charge is 0.326 e. The van der Waals surface area contributed by atoms with Gasteiger partial charge in [0.1, 0.15) is 11.8 Å². The van der Waals surface area contributed by atoms with Gasteiger partial charge in [0, 0.05) is 6.42 Å². The molecule has 1 aromatic rings. The summed E-state index contributed by atoms with van der Waals surface area (Å²) in [5, 5.41) is 11.7. The molecule has 1 fully saturated rings. The lowest BCUT2D eigenvalue weighted by Gasteiger charge is -2.13. The molecule has 0 aliphatic heterocycles. The molecule has 0 saturated heterocycles. The van der Waals surface area contributed by atoms with E-state index in [1.165, 1.54) is 0 Å². The minimum atomic E-state index is -0.938. The highest BCUT2D eigenvalue weighted by Gasteiger charge is 2.37. The van der Waals surface area contributed by atoms with Gasteiger partial charge in [-0.3, -0.25) is 4.79 Å². The van der Waals surface area contributed by atoms with Crippen LogP contribution in [0.5, 0.6) is 5.75 Å². The van der Waals surface area contributed by atoms with Crippen LogP contribution in [0.25, 0.3) is 0 Å². The fraction of sp³-hybridized carbons (Fsp3) is 0.500. The van der Waals surface area contributed by atoms with E-state index in [9.17, 15) is 9.59 Å². The van der Waals surface area contributed by atoms with E-state index < -0.39 is 12.0 Å². The molecule has 1 aliphatic carbocycles. The summed E-state index contributed by atoms with van der Waals surface area (Å²) in [5.41, 5.74) is 1.03. The van der Waals surface area contributed by atoms with Gasteiger partial charge in [-0.05, 0) is 49.8 Å². The number of aryl methyl sites for hydroxylation is 1. The molecule has 1 saturated carbocycles. The molecule has 114 valence electrons. The molecule has 5 nitrogen and oxygen atoms in total. The maximum atomic E-state index is 11.8. The highest BCUT2D eigenvalue weighted by atomic mass is 16.5. The second-order valence-electron chi connectivity index (χ2n) is 5.30. The molecule has 21 heavy (non-hydrogen) atoms. The van der Waals surface area contributed by atoms with Crippen molar-refractivity contribution >= 4 is 11.9 Å². The first kappa shape index (κ1) is 15.4. The van der Waals surface area contributed by atoms with Crippen LogP contribution in [0.3, 0.4) is 0 Å². The summed E-state index contributed by atoms with van der Waals surface area (Å²) in [5.74, 6) is -0.225. The second-order valence-corrected chi connectivity index (χ2v) is 5.30.